The normalized spacial score (nSPS) is 10.4. The number of benzene rings is 2. The lowest BCUT2D eigenvalue weighted by molar-refractivity contribution is 0.102. The molecule has 104 valence electrons. The molecular formula is C15H12BrCl2NO. The van der Waals surface area contributed by atoms with Gasteiger partial charge in [-0.2, -0.15) is 0 Å². The van der Waals surface area contributed by atoms with Crippen LogP contribution in [0.1, 0.15) is 21.5 Å². The van der Waals surface area contributed by atoms with Crippen LogP contribution in [0.2, 0.25) is 10.0 Å². The maximum Gasteiger partial charge on any atom is 0.258 e. The number of carbonyl (C=O) groups is 1. The monoisotopic (exact) mass is 371 g/mol. The summed E-state index contributed by atoms with van der Waals surface area (Å²) in [6.07, 6.45) is 0. The van der Waals surface area contributed by atoms with Crippen molar-refractivity contribution in [2.45, 2.75) is 13.8 Å². The fourth-order valence-corrected chi connectivity index (χ4v) is 3.31. The Hall–Kier alpha value is -1.03. The summed E-state index contributed by atoms with van der Waals surface area (Å²) in [5, 5.41) is 3.51. The summed E-state index contributed by atoms with van der Waals surface area (Å²) in [5.74, 6) is -0.326. The molecule has 0 heterocycles. The smallest absolute Gasteiger partial charge is 0.258 e. The van der Waals surface area contributed by atoms with Crippen molar-refractivity contribution >= 4 is 50.7 Å². The SMILES string of the molecule is Cc1cc(C)c(NC(=O)c2c(Cl)cccc2Cl)c(Br)c1. The Bertz CT molecular complexity index is 642. The van der Waals surface area contributed by atoms with E-state index in [1.165, 1.54) is 0 Å². The van der Waals surface area contributed by atoms with Crippen LogP contribution in [-0.4, -0.2) is 5.91 Å². The van der Waals surface area contributed by atoms with E-state index in [4.69, 9.17) is 23.2 Å². The van der Waals surface area contributed by atoms with Crippen LogP contribution in [-0.2, 0) is 0 Å². The molecule has 0 radical (unpaired) electrons. The third-order valence-electron chi connectivity index (χ3n) is 2.86. The van der Waals surface area contributed by atoms with Gasteiger partial charge < -0.3 is 5.32 Å². The third-order valence-corrected chi connectivity index (χ3v) is 4.12. The molecular weight excluding hydrogens is 361 g/mol. The molecule has 0 fully saturated rings. The van der Waals surface area contributed by atoms with E-state index >= 15 is 0 Å². The fourth-order valence-electron chi connectivity index (χ4n) is 1.96. The van der Waals surface area contributed by atoms with E-state index in [9.17, 15) is 4.79 Å². The van der Waals surface area contributed by atoms with Gasteiger partial charge in [-0.1, -0.05) is 35.3 Å². The van der Waals surface area contributed by atoms with Gasteiger partial charge in [0.25, 0.3) is 5.91 Å². The third kappa shape index (κ3) is 3.17. The summed E-state index contributed by atoms with van der Waals surface area (Å²) in [6, 6.07) is 8.92. The number of hydrogen-bond acceptors (Lipinski definition) is 1. The van der Waals surface area contributed by atoms with Crippen molar-refractivity contribution in [3.8, 4) is 0 Å². The van der Waals surface area contributed by atoms with E-state index in [-0.39, 0.29) is 11.5 Å². The Morgan fingerprint density at radius 2 is 1.75 bits per heavy atom. The Kier molecular flexibility index (Phi) is 4.74. The summed E-state index contributed by atoms with van der Waals surface area (Å²) < 4.78 is 0.825. The molecule has 2 rings (SSSR count). The molecule has 2 nitrogen and oxygen atoms in total. The molecule has 0 saturated carbocycles. The zero-order valence-corrected chi connectivity index (χ0v) is 14.0. The molecule has 0 aliphatic carbocycles. The number of amides is 1. The van der Waals surface area contributed by atoms with Gasteiger partial charge in [0.05, 0.1) is 21.3 Å². The molecule has 2 aromatic carbocycles. The second-order valence-corrected chi connectivity index (χ2v) is 6.16. The molecule has 0 saturated heterocycles. The van der Waals surface area contributed by atoms with Gasteiger partial charge >= 0.3 is 0 Å². The van der Waals surface area contributed by atoms with Gasteiger partial charge in [-0.3, -0.25) is 4.79 Å². The molecule has 20 heavy (non-hydrogen) atoms. The number of aryl methyl sites for hydroxylation is 2. The van der Waals surface area contributed by atoms with E-state index in [1.807, 2.05) is 26.0 Å². The minimum Gasteiger partial charge on any atom is -0.321 e. The van der Waals surface area contributed by atoms with Crippen LogP contribution in [0, 0.1) is 13.8 Å². The van der Waals surface area contributed by atoms with Crippen LogP contribution >= 0.6 is 39.1 Å². The van der Waals surface area contributed by atoms with Crippen LogP contribution < -0.4 is 5.32 Å². The Balaban J connectivity index is 2.38. The van der Waals surface area contributed by atoms with Crippen LogP contribution in [0.4, 0.5) is 5.69 Å². The number of anilines is 1. The molecule has 0 spiro atoms. The number of halogens is 3. The number of nitrogens with one attached hydrogen (secondary N) is 1. The molecule has 1 N–H and O–H groups in total. The van der Waals surface area contributed by atoms with Gasteiger partial charge in [-0.15, -0.1) is 0 Å². The molecule has 2 aromatic rings. The summed E-state index contributed by atoms with van der Waals surface area (Å²) in [5.41, 5.74) is 3.08. The minimum absolute atomic E-state index is 0.280. The van der Waals surface area contributed by atoms with Crippen LogP contribution in [0.5, 0.6) is 0 Å². The number of rotatable bonds is 2. The van der Waals surface area contributed by atoms with Crippen LogP contribution in [0.25, 0.3) is 0 Å². The molecule has 0 aliphatic rings. The zero-order chi connectivity index (χ0) is 14.9. The lowest BCUT2D eigenvalue weighted by atomic mass is 10.1. The van der Waals surface area contributed by atoms with Gasteiger partial charge in [0.2, 0.25) is 0 Å². The van der Waals surface area contributed by atoms with Gasteiger partial charge in [0.15, 0.2) is 0 Å². The summed E-state index contributed by atoms with van der Waals surface area (Å²) >= 11 is 15.5. The molecule has 5 heteroatoms. The highest BCUT2D eigenvalue weighted by molar-refractivity contribution is 9.10. The van der Waals surface area contributed by atoms with Crippen LogP contribution in [0.15, 0.2) is 34.8 Å². The van der Waals surface area contributed by atoms with Crippen molar-refractivity contribution in [3.05, 3.63) is 61.5 Å². The topological polar surface area (TPSA) is 29.1 Å². The van der Waals surface area contributed by atoms with Crippen molar-refractivity contribution in [2.24, 2.45) is 0 Å². The van der Waals surface area contributed by atoms with Crippen molar-refractivity contribution in [1.82, 2.24) is 0 Å². The first-order valence-electron chi connectivity index (χ1n) is 5.92. The van der Waals surface area contributed by atoms with Crippen molar-refractivity contribution in [3.63, 3.8) is 0 Å². The largest absolute Gasteiger partial charge is 0.321 e. The quantitative estimate of drug-likeness (QED) is 0.727. The lowest BCUT2D eigenvalue weighted by Crippen LogP contribution is -2.14. The second-order valence-electron chi connectivity index (χ2n) is 4.49. The van der Waals surface area contributed by atoms with Crippen molar-refractivity contribution in [1.29, 1.82) is 0 Å². The molecule has 0 aliphatic heterocycles. The number of carbonyl (C=O) groups excluding carboxylic acids is 1. The van der Waals surface area contributed by atoms with Gasteiger partial charge in [0.1, 0.15) is 0 Å². The van der Waals surface area contributed by atoms with Crippen molar-refractivity contribution in [2.75, 3.05) is 5.32 Å². The maximum absolute atomic E-state index is 12.3. The molecule has 0 atom stereocenters. The zero-order valence-electron chi connectivity index (χ0n) is 10.9. The Morgan fingerprint density at radius 3 is 2.30 bits per heavy atom. The van der Waals surface area contributed by atoms with E-state index in [1.54, 1.807) is 18.2 Å². The van der Waals surface area contributed by atoms with Gasteiger partial charge in [-0.05, 0) is 59.1 Å². The van der Waals surface area contributed by atoms with E-state index in [2.05, 4.69) is 21.2 Å². The van der Waals surface area contributed by atoms with Crippen molar-refractivity contribution < 1.29 is 4.79 Å². The highest BCUT2D eigenvalue weighted by Gasteiger charge is 2.16. The molecule has 1 amide bonds. The summed E-state index contributed by atoms with van der Waals surface area (Å²) in [6.45, 7) is 3.93. The predicted molar refractivity (Wildman–Crippen MR) is 88.0 cm³/mol. The highest BCUT2D eigenvalue weighted by atomic mass is 79.9. The Morgan fingerprint density at radius 1 is 1.15 bits per heavy atom. The molecule has 0 aromatic heterocycles. The predicted octanol–water partition coefficient (Wildman–Crippen LogP) is 5.63. The van der Waals surface area contributed by atoms with Gasteiger partial charge in [-0.25, -0.2) is 0 Å². The highest BCUT2D eigenvalue weighted by Crippen LogP contribution is 2.30. The lowest BCUT2D eigenvalue weighted by Gasteiger charge is -2.13. The summed E-state index contributed by atoms with van der Waals surface area (Å²) in [4.78, 5) is 12.3. The number of hydrogen-bond donors (Lipinski definition) is 1. The first-order valence-corrected chi connectivity index (χ1v) is 7.47. The fraction of sp³-hybridized carbons (Fsp3) is 0.133. The maximum atomic E-state index is 12.3. The molecule has 0 bridgehead atoms. The minimum atomic E-state index is -0.326. The molecule has 0 unspecified atom stereocenters. The first-order chi connectivity index (χ1) is 9.40. The standard InChI is InChI=1S/C15H12BrCl2NO/c1-8-6-9(2)14(10(16)7-8)19-15(20)13-11(17)4-3-5-12(13)18/h3-7H,1-2H3,(H,19,20). The van der Waals surface area contributed by atoms with E-state index in [0.717, 1.165) is 21.3 Å². The van der Waals surface area contributed by atoms with E-state index in [0.29, 0.717) is 10.0 Å². The average molecular weight is 373 g/mol. The average Bonchev–Trinajstić information content (AvgIpc) is 2.33. The Labute approximate surface area is 136 Å². The van der Waals surface area contributed by atoms with Gasteiger partial charge in [0, 0.05) is 4.47 Å². The summed E-state index contributed by atoms with van der Waals surface area (Å²) in [7, 11) is 0. The second kappa shape index (κ2) is 6.17. The van der Waals surface area contributed by atoms with E-state index < -0.39 is 0 Å². The first kappa shape index (κ1) is 15.4. The van der Waals surface area contributed by atoms with Crippen LogP contribution in [0.3, 0.4) is 0 Å².